The van der Waals surface area contributed by atoms with Gasteiger partial charge in [-0.05, 0) is 47.7 Å². The van der Waals surface area contributed by atoms with Crippen molar-refractivity contribution in [3.05, 3.63) is 76.1 Å². The summed E-state index contributed by atoms with van der Waals surface area (Å²) in [6.45, 7) is 0. The van der Waals surface area contributed by atoms with Crippen molar-refractivity contribution in [1.29, 1.82) is 0 Å². The molecule has 0 fully saturated rings. The van der Waals surface area contributed by atoms with Crippen molar-refractivity contribution in [2.24, 2.45) is 5.92 Å². The highest BCUT2D eigenvalue weighted by Crippen LogP contribution is 2.54. The summed E-state index contributed by atoms with van der Waals surface area (Å²) >= 11 is 6.21. The van der Waals surface area contributed by atoms with Crippen LogP contribution in [0.2, 0.25) is 5.02 Å². The first-order valence-corrected chi connectivity index (χ1v) is 8.32. The molecule has 1 aliphatic carbocycles. The lowest BCUT2D eigenvalue weighted by atomic mass is 9.75. The van der Waals surface area contributed by atoms with Crippen molar-refractivity contribution in [2.45, 2.75) is 24.6 Å². The number of alkyl halides is 3. The second-order valence-electron chi connectivity index (χ2n) is 6.41. The third-order valence-corrected chi connectivity index (χ3v) is 5.30. The van der Waals surface area contributed by atoms with Gasteiger partial charge in [0.15, 0.2) is 0 Å². The monoisotopic (exact) mass is 367 g/mol. The van der Waals surface area contributed by atoms with E-state index in [2.05, 4.69) is 5.32 Å². The molecule has 0 bridgehead atoms. The Balaban J connectivity index is 1.88. The van der Waals surface area contributed by atoms with Gasteiger partial charge in [-0.3, -0.25) is 0 Å². The number of hydrogen-bond donors (Lipinski definition) is 1. The van der Waals surface area contributed by atoms with Crippen LogP contribution in [0.3, 0.4) is 0 Å². The van der Waals surface area contributed by atoms with Crippen LogP contribution in [0.1, 0.15) is 35.1 Å². The fraction of sp³-hybridized carbons (Fsp3) is 0.263. The molecule has 130 valence electrons. The van der Waals surface area contributed by atoms with Gasteiger partial charge in [-0.15, -0.1) is 0 Å². The second-order valence-corrected chi connectivity index (χ2v) is 6.82. The summed E-state index contributed by atoms with van der Waals surface area (Å²) in [7, 11) is 0. The Morgan fingerprint density at radius 1 is 1.12 bits per heavy atom. The summed E-state index contributed by atoms with van der Waals surface area (Å²) in [5.74, 6) is -0.892. The molecule has 0 amide bonds. The fourth-order valence-electron chi connectivity index (χ4n) is 3.95. The van der Waals surface area contributed by atoms with Crippen LogP contribution in [0.15, 0.2) is 48.6 Å². The molecule has 1 heterocycles. The zero-order chi connectivity index (χ0) is 17.8. The van der Waals surface area contributed by atoms with E-state index in [4.69, 9.17) is 11.6 Å². The summed E-state index contributed by atoms with van der Waals surface area (Å²) in [6, 6.07) is 8.14. The average molecular weight is 368 g/mol. The first-order chi connectivity index (χ1) is 11.9. The summed E-state index contributed by atoms with van der Waals surface area (Å²) in [5.41, 5.74) is 0.515. The summed E-state index contributed by atoms with van der Waals surface area (Å²) in [4.78, 5) is 0. The maximum Gasteiger partial charge on any atom is 0.416 e. The van der Waals surface area contributed by atoms with E-state index in [1.54, 1.807) is 12.1 Å². The Bertz CT molecular complexity index is 859. The van der Waals surface area contributed by atoms with Gasteiger partial charge in [0.1, 0.15) is 5.82 Å². The molecule has 0 radical (unpaired) electrons. The topological polar surface area (TPSA) is 12.0 Å². The molecule has 0 saturated carbocycles. The average Bonchev–Trinajstić information content (AvgIpc) is 3.03. The molecule has 0 saturated heterocycles. The molecule has 1 nitrogen and oxygen atoms in total. The molecule has 2 aromatic carbocycles. The summed E-state index contributed by atoms with van der Waals surface area (Å²) in [6.07, 6.45) is -0.132. The molecular weight excluding hydrogens is 354 g/mol. The molecule has 1 aliphatic heterocycles. The van der Waals surface area contributed by atoms with E-state index >= 15 is 0 Å². The molecule has 2 aromatic rings. The predicted molar refractivity (Wildman–Crippen MR) is 89.2 cm³/mol. The maximum atomic E-state index is 13.6. The zero-order valence-electron chi connectivity index (χ0n) is 12.9. The van der Waals surface area contributed by atoms with E-state index in [1.807, 2.05) is 12.2 Å². The quantitative estimate of drug-likeness (QED) is 0.459. The van der Waals surface area contributed by atoms with Gasteiger partial charge in [0.25, 0.3) is 0 Å². The van der Waals surface area contributed by atoms with Gasteiger partial charge in [0.05, 0.1) is 22.3 Å². The molecule has 0 spiro atoms. The van der Waals surface area contributed by atoms with Gasteiger partial charge in [0.2, 0.25) is 0 Å². The van der Waals surface area contributed by atoms with Gasteiger partial charge in [-0.25, -0.2) is 4.39 Å². The molecular formula is C19H14ClF4N. The smallest absolute Gasteiger partial charge is 0.376 e. The zero-order valence-corrected chi connectivity index (χ0v) is 13.7. The summed E-state index contributed by atoms with van der Waals surface area (Å²) in [5, 5.41) is 3.39. The fourth-order valence-corrected chi connectivity index (χ4v) is 4.17. The van der Waals surface area contributed by atoms with E-state index in [-0.39, 0.29) is 28.4 Å². The largest absolute Gasteiger partial charge is 0.416 e. The highest BCUT2D eigenvalue weighted by atomic mass is 35.5. The first-order valence-electron chi connectivity index (χ1n) is 7.94. The lowest BCUT2D eigenvalue weighted by molar-refractivity contribution is -0.138. The molecule has 25 heavy (non-hydrogen) atoms. The Labute approximate surface area is 147 Å². The SMILES string of the molecule is Fc1cccc([C@@H]2Nc3c(Cl)ccc(C(F)(F)F)c3[C@H]3C=CC[C@@H]32)c1. The van der Waals surface area contributed by atoms with Crippen molar-refractivity contribution in [2.75, 3.05) is 5.32 Å². The van der Waals surface area contributed by atoms with Crippen LogP contribution in [0.4, 0.5) is 23.2 Å². The minimum Gasteiger partial charge on any atom is -0.376 e. The number of fused-ring (bicyclic) bond motifs is 3. The van der Waals surface area contributed by atoms with Gasteiger partial charge in [-0.2, -0.15) is 13.2 Å². The molecule has 1 N–H and O–H groups in total. The molecule has 0 unspecified atom stereocenters. The van der Waals surface area contributed by atoms with E-state index in [0.717, 1.165) is 6.07 Å². The van der Waals surface area contributed by atoms with Crippen LogP contribution in [0.25, 0.3) is 0 Å². The maximum absolute atomic E-state index is 13.6. The molecule has 4 rings (SSSR count). The van der Waals surface area contributed by atoms with Crippen molar-refractivity contribution in [3.63, 3.8) is 0 Å². The van der Waals surface area contributed by atoms with Gasteiger partial charge in [-0.1, -0.05) is 35.9 Å². The Morgan fingerprint density at radius 2 is 1.92 bits per heavy atom. The first kappa shape index (κ1) is 16.5. The lowest BCUT2D eigenvalue weighted by Crippen LogP contribution is -2.31. The number of nitrogens with one attached hydrogen (secondary N) is 1. The second kappa shape index (κ2) is 5.77. The normalized spacial score (nSPS) is 24.6. The minimum atomic E-state index is -4.46. The van der Waals surface area contributed by atoms with Crippen molar-refractivity contribution in [1.82, 2.24) is 0 Å². The third kappa shape index (κ3) is 2.71. The molecule has 6 heteroatoms. The van der Waals surface area contributed by atoms with Crippen LogP contribution >= 0.6 is 11.6 Å². The van der Waals surface area contributed by atoms with E-state index in [0.29, 0.717) is 17.7 Å². The molecule has 2 aliphatic rings. The van der Waals surface area contributed by atoms with E-state index in [1.165, 1.54) is 18.2 Å². The number of allylic oxidation sites excluding steroid dienone is 2. The number of benzene rings is 2. The predicted octanol–water partition coefficient (Wildman–Crippen LogP) is 6.32. The van der Waals surface area contributed by atoms with E-state index < -0.39 is 17.7 Å². The summed E-state index contributed by atoms with van der Waals surface area (Å²) < 4.78 is 54.1. The highest BCUT2D eigenvalue weighted by Gasteiger charge is 2.44. The van der Waals surface area contributed by atoms with Crippen LogP contribution in [-0.2, 0) is 6.18 Å². The van der Waals surface area contributed by atoms with E-state index in [9.17, 15) is 17.6 Å². The number of hydrogen-bond acceptors (Lipinski definition) is 1. The standard InChI is InChI=1S/C19H14ClF4N/c20-15-8-7-14(19(22,23)24)16-12-5-2-6-13(12)17(25-18(15)16)10-3-1-4-11(21)9-10/h1-5,7-9,12-13,17,25H,6H2/t12-,13-,17-/m0/s1. The van der Waals surface area contributed by atoms with Crippen molar-refractivity contribution < 1.29 is 17.6 Å². The highest BCUT2D eigenvalue weighted by molar-refractivity contribution is 6.33. The van der Waals surface area contributed by atoms with Gasteiger partial charge < -0.3 is 5.32 Å². The number of rotatable bonds is 1. The van der Waals surface area contributed by atoms with Crippen LogP contribution < -0.4 is 5.32 Å². The molecule has 3 atom stereocenters. The minimum absolute atomic E-state index is 0.117. The Kier molecular flexibility index (Phi) is 3.80. The van der Waals surface area contributed by atoms with Crippen LogP contribution in [0.5, 0.6) is 0 Å². The lowest BCUT2D eigenvalue weighted by Gasteiger charge is -2.39. The van der Waals surface area contributed by atoms with Crippen LogP contribution in [-0.4, -0.2) is 0 Å². The number of anilines is 1. The van der Waals surface area contributed by atoms with Crippen molar-refractivity contribution >= 4 is 17.3 Å². The van der Waals surface area contributed by atoms with Crippen molar-refractivity contribution in [3.8, 4) is 0 Å². The molecule has 0 aromatic heterocycles. The Morgan fingerprint density at radius 3 is 2.64 bits per heavy atom. The van der Waals surface area contributed by atoms with Gasteiger partial charge in [0, 0.05) is 5.92 Å². The number of halogens is 5. The van der Waals surface area contributed by atoms with Crippen LogP contribution in [0, 0.1) is 11.7 Å². The Hall–Kier alpha value is -2.01. The third-order valence-electron chi connectivity index (χ3n) is 4.98. The van der Waals surface area contributed by atoms with Gasteiger partial charge >= 0.3 is 6.18 Å².